The molecule has 0 atom stereocenters. The van der Waals surface area contributed by atoms with E-state index in [1.54, 1.807) is 30.0 Å². The highest BCUT2D eigenvalue weighted by molar-refractivity contribution is 6.29. The minimum Gasteiger partial charge on any atom is -0.497 e. The molecule has 40 heavy (non-hydrogen) atoms. The summed E-state index contributed by atoms with van der Waals surface area (Å²) < 4.78 is 49.8. The van der Waals surface area contributed by atoms with Gasteiger partial charge >= 0.3 is 12.4 Å². The second-order valence-electron chi connectivity index (χ2n) is 9.29. The molecule has 1 aliphatic rings. The van der Waals surface area contributed by atoms with Crippen molar-refractivity contribution in [1.29, 1.82) is 0 Å². The van der Waals surface area contributed by atoms with E-state index in [1.165, 1.54) is 18.2 Å². The number of hydrogen-bond acceptors (Lipinski definition) is 5. The van der Waals surface area contributed by atoms with E-state index in [4.69, 9.17) is 16.3 Å². The first-order valence-corrected chi connectivity index (χ1v) is 12.9. The maximum Gasteiger partial charge on any atom is 0.573 e. The van der Waals surface area contributed by atoms with Crippen LogP contribution in [0, 0.1) is 0 Å². The van der Waals surface area contributed by atoms with E-state index in [1.807, 2.05) is 36.4 Å². The van der Waals surface area contributed by atoms with Crippen LogP contribution in [0.2, 0.25) is 5.15 Å². The highest BCUT2D eigenvalue weighted by atomic mass is 35.5. The maximum atomic E-state index is 13.4. The Morgan fingerprint density at radius 2 is 1.90 bits per heavy atom. The van der Waals surface area contributed by atoms with Crippen LogP contribution in [0.15, 0.2) is 66.9 Å². The third-order valence-electron chi connectivity index (χ3n) is 6.66. The molecule has 0 bridgehead atoms. The second kappa shape index (κ2) is 11.6. The summed E-state index contributed by atoms with van der Waals surface area (Å²) >= 11 is 5.95. The summed E-state index contributed by atoms with van der Waals surface area (Å²) in [4.78, 5) is 19.5. The quantitative estimate of drug-likeness (QED) is 0.260. The summed E-state index contributed by atoms with van der Waals surface area (Å²) in [5.74, 6) is 0.447. The highest BCUT2D eigenvalue weighted by Gasteiger charge is 2.32. The Bertz CT molecular complexity index is 1550. The van der Waals surface area contributed by atoms with E-state index in [0.29, 0.717) is 42.1 Å². The van der Waals surface area contributed by atoms with Gasteiger partial charge in [0.25, 0.3) is 0 Å². The van der Waals surface area contributed by atoms with Crippen LogP contribution in [0.25, 0.3) is 17.0 Å². The van der Waals surface area contributed by atoms with Crippen LogP contribution in [0.4, 0.5) is 18.0 Å². The van der Waals surface area contributed by atoms with Crippen molar-refractivity contribution in [3.8, 4) is 11.5 Å². The first kappa shape index (κ1) is 27.5. The van der Waals surface area contributed by atoms with Gasteiger partial charge in [0.1, 0.15) is 16.7 Å². The third-order valence-corrected chi connectivity index (χ3v) is 6.87. The minimum atomic E-state index is -4.82. The lowest BCUT2D eigenvalue weighted by molar-refractivity contribution is -0.274. The number of pyridine rings is 1. The number of methoxy groups -OCH3 is 1. The van der Waals surface area contributed by atoms with Crippen LogP contribution >= 0.6 is 11.6 Å². The monoisotopic (exact) mass is 570 g/mol. The summed E-state index contributed by atoms with van der Waals surface area (Å²) in [5, 5.41) is 3.75. The van der Waals surface area contributed by atoms with E-state index in [0.717, 1.165) is 28.1 Å². The summed E-state index contributed by atoms with van der Waals surface area (Å²) in [6, 6.07) is 14.8. The van der Waals surface area contributed by atoms with Crippen molar-refractivity contribution in [3.05, 3.63) is 94.4 Å². The number of carbonyl (C=O) groups is 1. The molecule has 4 aromatic rings. The fourth-order valence-electron chi connectivity index (χ4n) is 4.84. The summed E-state index contributed by atoms with van der Waals surface area (Å²) in [6.07, 6.45) is 1.32. The predicted molar refractivity (Wildman–Crippen MR) is 147 cm³/mol. The fourth-order valence-corrected chi connectivity index (χ4v) is 5.04. The van der Waals surface area contributed by atoms with Crippen LogP contribution in [-0.4, -0.2) is 47.0 Å². The van der Waals surface area contributed by atoms with Gasteiger partial charge in [0, 0.05) is 49.9 Å². The molecule has 0 spiro atoms. The van der Waals surface area contributed by atoms with Crippen LogP contribution in [-0.2, 0) is 19.5 Å². The van der Waals surface area contributed by atoms with Gasteiger partial charge in [-0.3, -0.25) is 9.47 Å². The number of alkyl halides is 3. The second-order valence-corrected chi connectivity index (χ2v) is 9.68. The van der Waals surface area contributed by atoms with E-state index < -0.39 is 6.36 Å². The molecule has 1 amide bonds. The van der Waals surface area contributed by atoms with Crippen molar-refractivity contribution in [3.63, 3.8) is 0 Å². The maximum absolute atomic E-state index is 13.4. The van der Waals surface area contributed by atoms with Crippen LogP contribution in [0.1, 0.15) is 22.4 Å². The van der Waals surface area contributed by atoms with Crippen LogP contribution in [0.5, 0.6) is 11.5 Å². The Kier molecular flexibility index (Phi) is 7.99. The van der Waals surface area contributed by atoms with Gasteiger partial charge in [0.05, 0.1) is 12.6 Å². The van der Waals surface area contributed by atoms with Crippen molar-refractivity contribution in [1.82, 2.24) is 19.8 Å². The number of fused-ring (bicyclic) bond motifs is 3. The number of nitrogens with zero attached hydrogens (tertiary/aromatic N) is 3. The van der Waals surface area contributed by atoms with Crippen LogP contribution in [0.3, 0.4) is 0 Å². The number of rotatable bonds is 7. The molecule has 1 N–H and O–H groups in total. The molecule has 0 radical (unpaired) electrons. The largest absolute Gasteiger partial charge is 0.573 e. The van der Waals surface area contributed by atoms with Gasteiger partial charge in [0.2, 0.25) is 0 Å². The van der Waals surface area contributed by atoms with Gasteiger partial charge in [-0.2, -0.15) is 0 Å². The molecule has 208 valence electrons. The zero-order valence-electron chi connectivity index (χ0n) is 21.5. The van der Waals surface area contributed by atoms with Gasteiger partial charge in [-0.05, 0) is 59.2 Å². The average molecular weight is 571 g/mol. The van der Waals surface area contributed by atoms with Crippen molar-refractivity contribution in [2.75, 3.05) is 20.2 Å². The van der Waals surface area contributed by atoms with Crippen molar-refractivity contribution < 1.29 is 27.4 Å². The van der Waals surface area contributed by atoms with Crippen molar-refractivity contribution in [2.45, 2.75) is 25.9 Å². The van der Waals surface area contributed by atoms with Crippen molar-refractivity contribution >= 4 is 34.6 Å². The molecule has 2 aromatic carbocycles. The van der Waals surface area contributed by atoms with E-state index in [2.05, 4.69) is 19.9 Å². The SMILES string of the molecule is COc1ccc(/C=C/CN2CCc3c(c4cc(OC(F)(F)F)ccc4n3C(=O)NCc3ccnc(Cl)c3)C2)cc1. The van der Waals surface area contributed by atoms with Crippen molar-refractivity contribution in [2.24, 2.45) is 0 Å². The fraction of sp³-hybridized carbons (Fsp3) is 0.241. The number of benzene rings is 2. The Morgan fingerprint density at radius 1 is 1.12 bits per heavy atom. The van der Waals surface area contributed by atoms with Gasteiger partial charge in [0.15, 0.2) is 0 Å². The minimum absolute atomic E-state index is 0.215. The zero-order valence-corrected chi connectivity index (χ0v) is 22.3. The van der Waals surface area contributed by atoms with E-state index in [9.17, 15) is 18.0 Å². The molecule has 11 heteroatoms. The molecule has 0 unspecified atom stereocenters. The molecule has 0 aliphatic carbocycles. The van der Waals surface area contributed by atoms with Gasteiger partial charge in [-0.15, -0.1) is 13.2 Å². The lowest BCUT2D eigenvalue weighted by Crippen LogP contribution is -2.34. The number of nitrogens with one attached hydrogen (secondary N) is 1. The third kappa shape index (κ3) is 6.40. The molecular weight excluding hydrogens is 545 g/mol. The van der Waals surface area contributed by atoms with Gasteiger partial charge in [-0.25, -0.2) is 9.78 Å². The number of aromatic nitrogens is 2. The van der Waals surface area contributed by atoms with E-state index in [-0.39, 0.29) is 18.3 Å². The first-order chi connectivity index (χ1) is 19.2. The summed E-state index contributed by atoms with van der Waals surface area (Å²) in [7, 11) is 1.62. The number of hydrogen-bond donors (Lipinski definition) is 1. The topological polar surface area (TPSA) is 68.6 Å². The molecule has 0 fully saturated rings. The predicted octanol–water partition coefficient (Wildman–Crippen LogP) is 6.43. The molecular formula is C29H26ClF3N4O3. The lowest BCUT2D eigenvalue weighted by Gasteiger charge is -2.27. The molecule has 0 saturated heterocycles. The Hall–Kier alpha value is -4.02. The van der Waals surface area contributed by atoms with Gasteiger partial charge in [-0.1, -0.05) is 35.9 Å². The Balaban J connectivity index is 1.40. The Morgan fingerprint density at radius 3 is 2.62 bits per heavy atom. The number of carbonyl (C=O) groups excluding carboxylic acids is 1. The Labute approximate surface area is 233 Å². The average Bonchev–Trinajstić information content (AvgIpc) is 3.24. The summed E-state index contributed by atoms with van der Waals surface area (Å²) in [5.41, 5.74) is 3.87. The normalized spacial score (nSPS) is 13.9. The zero-order chi connectivity index (χ0) is 28.3. The first-order valence-electron chi connectivity index (χ1n) is 12.5. The number of halogens is 4. The highest BCUT2D eigenvalue weighted by Crippen LogP contribution is 2.35. The number of ether oxygens (including phenoxy) is 2. The van der Waals surface area contributed by atoms with Crippen LogP contribution < -0.4 is 14.8 Å². The lowest BCUT2D eigenvalue weighted by atomic mass is 10.0. The number of amides is 1. The molecule has 0 saturated carbocycles. The molecule has 5 rings (SSSR count). The summed E-state index contributed by atoms with van der Waals surface area (Å²) in [6.45, 7) is 1.99. The molecule has 1 aliphatic heterocycles. The molecule has 7 nitrogen and oxygen atoms in total. The van der Waals surface area contributed by atoms with Gasteiger partial charge < -0.3 is 14.8 Å². The molecule has 3 heterocycles. The standard InChI is InChI=1S/C29H26ClF3N4O3/c1-39-21-6-4-19(5-7-21)3-2-13-36-14-11-26-24(18-36)23-16-22(40-29(31,32)33)8-9-25(23)37(26)28(38)35-17-20-10-12-34-27(30)15-20/h2-10,12,15-16H,11,13-14,17-18H2,1H3,(H,35,38)/b3-2+. The smallest absolute Gasteiger partial charge is 0.497 e. The molecule has 2 aromatic heterocycles. The van der Waals surface area contributed by atoms with E-state index >= 15 is 0 Å².